The summed E-state index contributed by atoms with van der Waals surface area (Å²) in [4.78, 5) is 16.6. The van der Waals surface area contributed by atoms with E-state index in [0.29, 0.717) is 5.84 Å². The molecule has 0 aliphatic carbocycles. The molecule has 0 saturated heterocycles. The molecule has 2 heterocycles. The van der Waals surface area contributed by atoms with E-state index in [1.54, 1.807) is 23.9 Å². The Kier molecular flexibility index (Phi) is 3.02. The molecule has 1 atom stereocenters. The molecular formula is C12H9FN4S. The highest BCUT2D eigenvalue weighted by Crippen LogP contribution is 2.21. The lowest BCUT2D eigenvalue weighted by atomic mass is 10.2. The lowest BCUT2D eigenvalue weighted by Gasteiger charge is -2.13. The van der Waals surface area contributed by atoms with Gasteiger partial charge in [-0.1, -0.05) is 12.1 Å². The minimum atomic E-state index is -0.222. The van der Waals surface area contributed by atoms with Gasteiger partial charge in [-0.2, -0.15) is 0 Å². The quantitative estimate of drug-likeness (QED) is 0.805. The van der Waals surface area contributed by atoms with Crippen molar-refractivity contribution in [2.75, 3.05) is 0 Å². The number of rotatable bonds is 2. The van der Waals surface area contributed by atoms with Gasteiger partial charge in [-0.05, 0) is 17.7 Å². The fourth-order valence-electron chi connectivity index (χ4n) is 1.64. The molecule has 0 N–H and O–H groups in total. The minimum absolute atomic E-state index is 0.152. The molecule has 4 nitrogen and oxygen atoms in total. The van der Waals surface area contributed by atoms with Gasteiger partial charge in [-0.25, -0.2) is 19.4 Å². The fraction of sp³-hybridized carbons (Fsp3) is 0.167. The van der Waals surface area contributed by atoms with E-state index in [0.717, 1.165) is 16.4 Å². The van der Waals surface area contributed by atoms with Crippen LogP contribution in [-0.4, -0.2) is 29.6 Å². The predicted molar refractivity (Wildman–Crippen MR) is 73.3 cm³/mol. The van der Waals surface area contributed by atoms with Crippen LogP contribution in [0.25, 0.3) is 0 Å². The van der Waals surface area contributed by atoms with Crippen LogP contribution in [0.4, 0.5) is 4.39 Å². The Labute approximate surface area is 107 Å². The maximum Gasteiger partial charge on any atom is 0.163 e. The second kappa shape index (κ2) is 4.81. The predicted octanol–water partition coefficient (Wildman–Crippen LogP) is 2.31. The summed E-state index contributed by atoms with van der Waals surface area (Å²) >= 11 is 1.57. The number of hydrogen-bond acceptors (Lipinski definition) is 5. The summed E-state index contributed by atoms with van der Waals surface area (Å²) in [5.41, 5.74) is 1.05. The van der Waals surface area contributed by atoms with Crippen molar-refractivity contribution in [3.8, 4) is 0 Å². The molecule has 0 fully saturated rings. The zero-order valence-corrected chi connectivity index (χ0v) is 10.1. The normalized spacial score (nSPS) is 20.6. The third-order valence-corrected chi connectivity index (χ3v) is 3.66. The van der Waals surface area contributed by atoms with Gasteiger partial charge in [0.15, 0.2) is 11.9 Å². The van der Waals surface area contributed by atoms with Crippen LogP contribution in [-0.2, 0) is 5.75 Å². The Balaban J connectivity index is 1.68. The van der Waals surface area contributed by atoms with Crippen molar-refractivity contribution >= 4 is 35.3 Å². The lowest BCUT2D eigenvalue weighted by molar-refractivity contribution is 0.627. The van der Waals surface area contributed by atoms with Crippen LogP contribution in [0.15, 0.2) is 44.2 Å². The smallest absolute Gasteiger partial charge is 0.163 e. The third kappa shape index (κ3) is 2.24. The van der Waals surface area contributed by atoms with Gasteiger partial charge < -0.3 is 0 Å². The molecule has 0 spiro atoms. The Morgan fingerprint density at radius 1 is 1.11 bits per heavy atom. The second-order valence-electron chi connectivity index (χ2n) is 3.78. The third-order valence-electron chi connectivity index (χ3n) is 2.56. The van der Waals surface area contributed by atoms with Crippen molar-refractivity contribution in [2.45, 2.75) is 11.8 Å². The van der Waals surface area contributed by atoms with E-state index >= 15 is 0 Å². The number of amidine groups is 1. The first-order valence-corrected chi connectivity index (χ1v) is 6.38. The van der Waals surface area contributed by atoms with Gasteiger partial charge in [0, 0.05) is 5.75 Å². The van der Waals surface area contributed by atoms with Crippen LogP contribution < -0.4 is 0 Å². The van der Waals surface area contributed by atoms with Crippen LogP contribution in [0.1, 0.15) is 5.56 Å². The second-order valence-corrected chi connectivity index (χ2v) is 4.78. The Bertz CT molecular complexity index is 574. The van der Waals surface area contributed by atoms with Gasteiger partial charge in [-0.15, -0.1) is 11.8 Å². The first kappa shape index (κ1) is 11.3. The molecule has 18 heavy (non-hydrogen) atoms. The molecule has 3 rings (SSSR count). The summed E-state index contributed by atoms with van der Waals surface area (Å²) < 4.78 is 12.8. The molecule has 0 bridgehead atoms. The van der Waals surface area contributed by atoms with Crippen LogP contribution in [0.3, 0.4) is 0 Å². The average molecular weight is 260 g/mol. The Morgan fingerprint density at radius 2 is 1.94 bits per heavy atom. The number of thioether (sulfide) groups is 1. The van der Waals surface area contributed by atoms with Crippen molar-refractivity contribution in [3.63, 3.8) is 0 Å². The maximum absolute atomic E-state index is 12.8. The Morgan fingerprint density at radius 3 is 2.78 bits per heavy atom. The zero-order valence-electron chi connectivity index (χ0n) is 9.32. The van der Waals surface area contributed by atoms with Gasteiger partial charge >= 0.3 is 0 Å². The summed E-state index contributed by atoms with van der Waals surface area (Å²) in [6.45, 7) is 0. The van der Waals surface area contributed by atoms with Gasteiger partial charge in [0.1, 0.15) is 23.5 Å². The van der Waals surface area contributed by atoms with Crippen molar-refractivity contribution in [1.29, 1.82) is 0 Å². The van der Waals surface area contributed by atoms with E-state index < -0.39 is 0 Å². The first-order chi connectivity index (χ1) is 8.83. The molecule has 0 saturated carbocycles. The van der Waals surface area contributed by atoms with E-state index in [4.69, 9.17) is 0 Å². The molecule has 1 aromatic rings. The summed E-state index contributed by atoms with van der Waals surface area (Å²) in [7, 11) is 0. The molecule has 0 radical (unpaired) electrons. The van der Waals surface area contributed by atoms with E-state index in [-0.39, 0.29) is 11.9 Å². The maximum atomic E-state index is 12.8. The summed E-state index contributed by atoms with van der Waals surface area (Å²) in [5.74, 6) is 1.19. The molecule has 2 aliphatic rings. The summed E-state index contributed by atoms with van der Waals surface area (Å²) in [6.07, 6.45) is 3.01. The van der Waals surface area contributed by atoms with Crippen molar-refractivity contribution < 1.29 is 4.39 Å². The van der Waals surface area contributed by atoms with Crippen LogP contribution in [0, 0.1) is 5.82 Å². The fourth-order valence-corrected chi connectivity index (χ4v) is 2.60. The number of fused-ring (bicyclic) bond motifs is 1. The molecule has 0 amide bonds. The van der Waals surface area contributed by atoms with Gasteiger partial charge in [0.25, 0.3) is 0 Å². The molecule has 2 aliphatic heterocycles. The number of hydrogen-bond donors (Lipinski definition) is 0. The first-order valence-electron chi connectivity index (χ1n) is 5.40. The van der Waals surface area contributed by atoms with E-state index in [2.05, 4.69) is 20.0 Å². The molecule has 0 aromatic heterocycles. The summed E-state index contributed by atoms with van der Waals surface area (Å²) in [5, 5.41) is 0.877. The zero-order chi connectivity index (χ0) is 12.4. The molecule has 1 unspecified atom stereocenters. The van der Waals surface area contributed by atoms with Gasteiger partial charge in [-0.3, -0.25) is 4.99 Å². The van der Waals surface area contributed by atoms with Gasteiger partial charge in [0.2, 0.25) is 0 Å². The van der Waals surface area contributed by atoms with Crippen molar-refractivity contribution in [2.24, 2.45) is 20.0 Å². The van der Waals surface area contributed by atoms with E-state index in [1.165, 1.54) is 24.8 Å². The van der Waals surface area contributed by atoms with Crippen LogP contribution in [0.5, 0.6) is 0 Å². The molecular weight excluding hydrogens is 251 g/mol. The molecule has 6 heteroatoms. The number of halogens is 1. The SMILES string of the molecule is Fc1ccc(CSC2=NC=NC3=NC=NC32)cc1. The van der Waals surface area contributed by atoms with Crippen LogP contribution >= 0.6 is 11.8 Å². The molecule has 1 aromatic carbocycles. The van der Waals surface area contributed by atoms with Crippen molar-refractivity contribution in [3.05, 3.63) is 35.6 Å². The topological polar surface area (TPSA) is 49.4 Å². The minimum Gasteiger partial charge on any atom is -0.255 e. The van der Waals surface area contributed by atoms with Crippen molar-refractivity contribution in [1.82, 2.24) is 0 Å². The summed E-state index contributed by atoms with van der Waals surface area (Å²) in [6, 6.07) is 6.31. The lowest BCUT2D eigenvalue weighted by Crippen LogP contribution is -2.25. The standard InChI is InChI=1S/C12H9FN4S/c13-9-3-1-8(2-4-9)5-18-12-10-11(15-6-14-10)16-7-17-12/h1-4,6-7,10H,5H2. The molecule has 90 valence electrons. The largest absolute Gasteiger partial charge is 0.255 e. The number of nitrogens with zero attached hydrogens (tertiary/aromatic N) is 4. The number of aliphatic imine (C=N–C) groups is 4. The van der Waals surface area contributed by atoms with Gasteiger partial charge in [0.05, 0.1) is 0 Å². The monoisotopic (exact) mass is 260 g/mol. The van der Waals surface area contributed by atoms with Crippen LogP contribution in [0.2, 0.25) is 0 Å². The highest BCUT2D eigenvalue weighted by Gasteiger charge is 2.26. The van der Waals surface area contributed by atoms with E-state index in [1.807, 2.05) is 0 Å². The average Bonchev–Trinajstić information content (AvgIpc) is 2.87. The Hall–Kier alpha value is -1.82. The number of benzene rings is 1. The highest BCUT2D eigenvalue weighted by atomic mass is 32.2. The van der Waals surface area contributed by atoms with E-state index in [9.17, 15) is 4.39 Å². The highest BCUT2D eigenvalue weighted by molar-refractivity contribution is 8.13.